The maximum absolute atomic E-state index is 13.1. The second-order valence-electron chi connectivity index (χ2n) is 6.52. The Bertz CT molecular complexity index is 1070. The van der Waals surface area contributed by atoms with Crippen LogP contribution >= 0.6 is 22.9 Å². The molecular weight excluding hydrogens is 402 g/mol. The number of aromatic amines is 1. The number of nitrogens with one attached hydrogen (secondary N) is 2. The van der Waals surface area contributed by atoms with Crippen LogP contribution in [0.2, 0.25) is 5.02 Å². The van der Waals surface area contributed by atoms with E-state index in [0.717, 1.165) is 26.6 Å². The summed E-state index contributed by atoms with van der Waals surface area (Å²) in [7, 11) is -3.65. The molecule has 2 heterocycles. The Morgan fingerprint density at radius 1 is 1.11 bits per heavy atom. The quantitative estimate of drug-likeness (QED) is 0.610. The lowest BCUT2D eigenvalue weighted by atomic mass is 10.1. The van der Waals surface area contributed by atoms with Gasteiger partial charge in [-0.25, -0.2) is 13.1 Å². The van der Waals surface area contributed by atoms with Crippen LogP contribution in [-0.4, -0.2) is 25.2 Å². The summed E-state index contributed by atoms with van der Waals surface area (Å²) >= 11 is 7.37. The predicted molar refractivity (Wildman–Crippen MR) is 111 cm³/mol. The summed E-state index contributed by atoms with van der Waals surface area (Å²) in [5.41, 5.74) is 4.32. The fraction of sp³-hybridized carbons (Fsp3) is 0.316. The summed E-state index contributed by atoms with van der Waals surface area (Å²) in [4.78, 5) is 2.04. The van der Waals surface area contributed by atoms with Crippen molar-refractivity contribution in [3.8, 4) is 11.3 Å². The number of thiophene rings is 1. The molecule has 2 N–H and O–H groups in total. The number of aryl methyl sites for hydroxylation is 3. The van der Waals surface area contributed by atoms with Crippen LogP contribution in [0.5, 0.6) is 0 Å². The van der Waals surface area contributed by atoms with E-state index in [9.17, 15) is 8.42 Å². The van der Waals surface area contributed by atoms with E-state index in [1.165, 1.54) is 11.3 Å². The minimum absolute atomic E-state index is 0.316. The van der Waals surface area contributed by atoms with Gasteiger partial charge in [-0.15, -0.1) is 11.3 Å². The van der Waals surface area contributed by atoms with Crippen LogP contribution in [0.1, 0.15) is 26.6 Å². The average molecular weight is 424 g/mol. The number of halogens is 1. The van der Waals surface area contributed by atoms with Gasteiger partial charge in [-0.05, 0) is 57.4 Å². The van der Waals surface area contributed by atoms with Crippen LogP contribution in [0.25, 0.3) is 11.3 Å². The number of H-pyrrole nitrogens is 1. The highest BCUT2D eigenvalue weighted by Gasteiger charge is 2.28. The lowest BCUT2D eigenvalue weighted by molar-refractivity contribution is 0.581. The summed E-state index contributed by atoms with van der Waals surface area (Å²) in [6, 6.07) is 7.41. The number of hydrogen-bond acceptors (Lipinski definition) is 4. The third kappa shape index (κ3) is 4.11. The smallest absolute Gasteiger partial charge is 0.242 e. The zero-order valence-electron chi connectivity index (χ0n) is 15.7. The van der Waals surface area contributed by atoms with Gasteiger partial charge in [0.05, 0.1) is 5.69 Å². The van der Waals surface area contributed by atoms with E-state index >= 15 is 0 Å². The molecule has 27 heavy (non-hydrogen) atoms. The highest BCUT2D eigenvalue weighted by atomic mass is 35.5. The number of rotatable bonds is 6. The van der Waals surface area contributed by atoms with Crippen LogP contribution in [0, 0.1) is 27.7 Å². The van der Waals surface area contributed by atoms with Gasteiger partial charge in [-0.3, -0.25) is 5.10 Å². The molecule has 2 aromatic heterocycles. The van der Waals surface area contributed by atoms with Crippen LogP contribution in [-0.2, 0) is 16.4 Å². The van der Waals surface area contributed by atoms with Gasteiger partial charge in [0.25, 0.3) is 0 Å². The van der Waals surface area contributed by atoms with Gasteiger partial charge in [0, 0.05) is 32.6 Å². The molecule has 5 nitrogen and oxygen atoms in total. The maximum atomic E-state index is 13.1. The summed E-state index contributed by atoms with van der Waals surface area (Å²) < 4.78 is 28.9. The molecule has 0 aliphatic carbocycles. The molecule has 0 bridgehead atoms. The van der Waals surface area contributed by atoms with Gasteiger partial charge in [-0.1, -0.05) is 23.7 Å². The molecule has 3 aromatic rings. The van der Waals surface area contributed by atoms with Crippen LogP contribution in [0.15, 0.2) is 29.2 Å². The Labute approximate surface area is 168 Å². The Morgan fingerprint density at radius 3 is 2.37 bits per heavy atom. The van der Waals surface area contributed by atoms with Gasteiger partial charge in [0.15, 0.2) is 0 Å². The number of sulfonamides is 1. The van der Waals surface area contributed by atoms with E-state index in [-0.39, 0.29) is 0 Å². The Hall–Kier alpha value is -1.67. The van der Waals surface area contributed by atoms with Gasteiger partial charge < -0.3 is 0 Å². The third-order valence-corrected chi connectivity index (χ3v) is 7.62. The molecule has 144 valence electrons. The molecular formula is C19H22ClN3O2S2. The van der Waals surface area contributed by atoms with Crippen molar-refractivity contribution in [3.05, 3.63) is 55.9 Å². The van der Waals surface area contributed by atoms with Gasteiger partial charge in [-0.2, -0.15) is 5.10 Å². The van der Waals surface area contributed by atoms with Crippen molar-refractivity contribution >= 4 is 33.0 Å². The third-order valence-electron chi connectivity index (χ3n) is 4.58. The van der Waals surface area contributed by atoms with E-state index in [4.69, 9.17) is 11.6 Å². The molecule has 0 saturated heterocycles. The maximum Gasteiger partial charge on any atom is 0.242 e. The van der Waals surface area contributed by atoms with E-state index in [1.807, 2.05) is 39.8 Å². The summed E-state index contributed by atoms with van der Waals surface area (Å²) in [6.07, 6.45) is 0.592. The summed E-state index contributed by atoms with van der Waals surface area (Å²) in [5, 5.41) is 7.96. The SMILES string of the molecule is Cc1[nH]nc(-c2c(C)sc(C)c2S(=O)(=O)NCCc2ccc(Cl)cc2)c1C. The predicted octanol–water partition coefficient (Wildman–Crippen LogP) is 4.55. The standard InChI is InChI=1S/C19H22ClN3O2S2/c1-11-12(2)22-23-18(11)17-13(3)26-14(4)19(17)27(24,25)21-10-9-15-5-7-16(20)8-6-15/h5-8,21H,9-10H2,1-4H3,(H,22,23). The first-order chi connectivity index (χ1) is 12.7. The molecule has 0 atom stereocenters. The zero-order chi connectivity index (χ0) is 19.8. The summed E-state index contributed by atoms with van der Waals surface area (Å²) in [6.45, 7) is 7.97. The lowest BCUT2D eigenvalue weighted by Crippen LogP contribution is -2.26. The van der Waals surface area contributed by atoms with Crippen molar-refractivity contribution in [2.24, 2.45) is 0 Å². The van der Waals surface area contributed by atoms with Crippen molar-refractivity contribution in [1.29, 1.82) is 0 Å². The molecule has 0 aliphatic rings. The molecule has 0 saturated carbocycles. The largest absolute Gasteiger partial charge is 0.282 e. The highest BCUT2D eigenvalue weighted by molar-refractivity contribution is 7.89. The topological polar surface area (TPSA) is 74.8 Å². The first-order valence-corrected chi connectivity index (χ1v) is 11.2. The molecule has 0 radical (unpaired) electrons. The van der Waals surface area contributed by atoms with E-state index in [1.54, 1.807) is 12.1 Å². The van der Waals surface area contributed by atoms with Gasteiger partial charge >= 0.3 is 0 Å². The number of hydrogen-bond donors (Lipinski definition) is 2. The first-order valence-electron chi connectivity index (χ1n) is 8.56. The lowest BCUT2D eigenvalue weighted by Gasteiger charge is -2.10. The second kappa shape index (κ2) is 7.75. The fourth-order valence-corrected chi connectivity index (χ4v) is 6.05. The molecule has 8 heteroatoms. The van der Waals surface area contributed by atoms with E-state index < -0.39 is 10.0 Å². The van der Waals surface area contributed by atoms with E-state index in [0.29, 0.717) is 34.1 Å². The van der Waals surface area contributed by atoms with Crippen molar-refractivity contribution in [2.45, 2.75) is 39.0 Å². The van der Waals surface area contributed by atoms with Gasteiger partial charge in [0.2, 0.25) is 10.0 Å². The van der Waals surface area contributed by atoms with Crippen molar-refractivity contribution in [1.82, 2.24) is 14.9 Å². The van der Waals surface area contributed by atoms with Crippen LogP contribution in [0.4, 0.5) is 0 Å². The number of nitrogens with zero attached hydrogens (tertiary/aromatic N) is 1. The Balaban J connectivity index is 1.88. The van der Waals surface area contributed by atoms with Crippen molar-refractivity contribution < 1.29 is 8.42 Å². The Morgan fingerprint density at radius 2 is 1.78 bits per heavy atom. The molecule has 1 aromatic carbocycles. The minimum atomic E-state index is -3.65. The molecule has 0 unspecified atom stereocenters. The minimum Gasteiger partial charge on any atom is -0.282 e. The molecule has 0 fully saturated rings. The molecule has 0 amide bonds. The number of benzene rings is 1. The Kier molecular flexibility index (Phi) is 5.76. The van der Waals surface area contributed by atoms with Crippen LogP contribution < -0.4 is 4.72 Å². The van der Waals surface area contributed by atoms with Crippen molar-refractivity contribution in [3.63, 3.8) is 0 Å². The van der Waals surface area contributed by atoms with Gasteiger partial charge in [0.1, 0.15) is 4.90 Å². The molecule has 0 spiro atoms. The normalized spacial score (nSPS) is 11.9. The van der Waals surface area contributed by atoms with Crippen LogP contribution in [0.3, 0.4) is 0 Å². The number of aromatic nitrogens is 2. The van der Waals surface area contributed by atoms with E-state index in [2.05, 4.69) is 14.9 Å². The van der Waals surface area contributed by atoms with Crippen molar-refractivity contribution in [2.75, 3.05) is 6.54 Å². The average Bonchev–Trinajstić information content (AvgIpc) is 3.08. The second-order valence-corrected chi connectivity index (χ2v) is 10.1. The monoisotopic (exact) mass is 423 g/mol. The zero-order valence-corrected chi connectivity index (χ0v) is 18.1. The fourth-order valence-electron chi connectivity index (χ4n) is 3.04. The summed E-state index contributed by atoms with van der Waals surface area (Å²) in [5.74, 6) is 0. The molecule has 3 rings (SSSR count). The molecule has 0 aliphatic heterocycles. The first kappa shape index (κ1) is 20.1. The highest BCUT2D eigenvalue weighted by Crippen LogP contribution is 2.39.